The molecular weight excluding hydrogens is 330 g/mol. The molecule has 1 atom stereocenters. The van der Waals surface area contributed by atoms with Crippen LogP contribution in [0.3, 0.4) is 0 Å². The predicted octanol–water partition coefficient (Wildman–Crippen LogP) is 4.24. The number of hydrogen-bond acceptors (Lipinski definition) is 3. The van der Waals surface area contributed by atoms with Gasteiger partial charge in [-0.1, -0.05) is 30.2 Å². The van der Waals surface area contributed by atoms with E-state index in [1.165, 1.54) is 12.0 Å². The lowest BCUT2D eigenvalue weighted by Crippen LogP contribution is -2.39. The average Bonchev–Trinajstić information content (AvgIpc) is 3.13. The molecule has 1 unspecified atom stereocenters. The van der Waals surface area contributed by atoms with Crippen molar-refractivity contribution in [2.24, 2.45) is 0 Å². The number of H-pyrrole nitrogens is 1. The number of nitrogens with zero attached hydrogens (tertiary/aromatic N) is 2. The van der Waals surface area contributed by atoms with Crippen LogP contribution in [0, 0.1) is 4.77 Å². The van der Waals surface area contributed by atoms with Gasteiger partial charge in [-0.05, 0) is 55.6 Å². The van der Waals surface area contributed by atoms with Crippen LogP contribution in [0.15, 0.2) is 24.3 Å². The molecule has 1 saturated carbocycles. The summed E-state index contributed by atoms with van der Waals surface area (Å²) in [6, 6.07) is 8.16. The van der Waals surface area contributed by atoms with Crippen LogP contribution in [0.25, 0.3) is 0 Å². The Bertz CT molecular complexity index is 742. The molecule has 122 valence electrons. The van der Waals surface area contributed by atoms with E-state index >= 15 is 0 Å². The molecule has 1 saturated heterocycles. The second kappa shape index (κ2) is 6.04. The fourth-order valence-corrected chi connectivity index (χ4v) is 4.12. The van der Waals surface area contributed by atoms with E-state index in [9.17, 15) is 0 Å². The highest BCUT2D eigenvalue weighted by atomic mass is 35.5. The van der Waals surface area contributed by atoms with Gasteiger partial charge >= 0.3 is 0 Å². The van der Waals surface area contributed by atoms with Gasteiger partial charge in [0.05, 0.1) is 18.1 Å². The number of nitrogens with one attached hydrogen (secondary N) is 1. The zero-order valence-corrected chi connectivity index (χ0v) is 14.5. The van der Waals surface area contributed by atoms with E-state index in [0.29, 0.717) is 4.77 Å². The summed E-state index contributed by atoms with van der Waals surface area (Å²) >= 11 is 11.5. The van der Waals surface area contributed by atoms with Gasteiger partial charge in [-0.25, -0.2) is 0 Å². The first kappa shape index (κ1) is 15.4. The van der Waals surface area contributed by atoms with E-state index in [1.54, 1.807) is 0 Å². The summed E-state index contributed by atoms with van der Waals surface area (Å²) in [6.07, 6.45) is 5.88. The summed E-state index contributed by atoms with van der Waals surface area (Å²) in [5.74, 6) is 1.05. The number of aromatic amines is 1. The lowest BCUT2D eigenvalue weighted by Gasteiger charge is -2.41. The monoisotopic (exact) mass is 349 g/mol. The molecule has 2 heterocycles. The maximum absolute atomic E-state index is 6.06. The molecule has 2 aromatic rings. The van der Waals surface area contributed by atoms with Crippen LogP contribution in [0.4, 0.5) is 0 Å². The maximum Gasteiger partial charge on any atom is 0.195 e. The molecule has 1 aliphatic carbocycles. The molecule has 1 aliphatic heterocycles. The van der Waals surface area contributed by atoms with Gasteiger partial charge in [0.25, 0.3) is 0 Å². The molecule has 4 rings (SSSR count). The van der Waals surface area contributed by atoms with Gasteiger partial charge in [-0.15, -0.1) is 0 Å². The van der Waals surface area contributed by atoms with Crippen molar-refractivity contribution in [1.82, 2.24) is 14.8 Å². The zero-order chi connectivity index (χ0) is 15.9. The molecule has 2 fully saturated rings. The Labute approximate surface area is 145 Å². The normalized spacial score (nSPS) is 22.9. The molecule has 1 N–H and O–H groups in total. The molecule has 0 radical (unpaired) electrons. The molecule has 0 bridgehead atoms. The minimum absolute atomic E-state index is 0.0449. The van der Waals surface area contributed by atoms with Gasteiger partial charge in [0.1, 0.15) is 5.82 Å². The maximum atomic E-state index is 6.06. The Morgan fingerprint density at radius 1 is 1.30 bits per heavy atom. The van der Waals surface area contributed by atoms with E-state index in [4.69, 9.17) is 28.6 Å². The summed E-state index contributed by atoms with van der Waals surface area (Å²) in [4.78, 5) is 0. The van der Waals surface area contributed by atoms with Gasteiger partial charge in [0.2, 0.25) is 0 Å². The van der Waals surface area contributed by atoms with Crippen molar-refractivity contribution in [3.05, 3.63) is 45.4 Å². The minimum atomic E-state index is -0.0449. The van der Waals surface area contributed by atoms with Crippen molar-refractivity contribution in [3.63, 3.8) is 0 Å². The lowest BCUT2D eigenvalue weighted by atomic mass is 9.64. The van der Waals surface area contributed by atoms with Crippen molar-refractivity contribution in [1.29, 1.82) is 0 Å². The molecule has 0 amide bonds. The highest BCUT2D eigenvalue weighted by Crippen LogP contribution is 2.48. The SMILES string of the molecule is S=c1[nH]nc(C2(c3ccc(Cl)cc3)CCC2)n1CC1CCCO1. The first-order valence-corrected chi connectivity index (χ1v) is 9.01. The predicted molar refractivity (Wildman–Crippen MR) is 92.5 cm³/mol. The van der Waals surface area contributed by atoms with Gasteiger partial charge < -0.3 is 9.30 Å². The van der Waals surface area contributed by atoms with E-state index < -0.39 is 0 Å². The van der Waals surface area contributed by atoms with Crippen LogP contribution in [-0.2, 0) is 16.7 Å². The van der Waals surface area contributed by atoms with Gasteiger partial charge in [-0.3, -0.25) is 5.10 Å². The number of hydrogen-bond donors (Lipinski definition) is 1. The highest BCUT2D eigenvalue weighted by molar-refractivity contribution is 7.71. The Hall–Kier alpha value is -1.17. The van der Waals surface area contributed by atoms with Crippen molar-refractivity contribution in [2.45, 2.75) is 50.2 Å². The highest BCUT2D eigenvalue weighted by Gasteiger charge is 2.44. The van der Waals surface area contributed by atoms with E-state index in [2.05, 4.69) is 26.9 Å². The van der Waals surface area contributed by atoms with Crippen molar-refractivity contribution in [3.8, 4) is 0 Å². The third kappa shape index (κ3) is 2.65. The second-order valence-corrected chi connectivity index (χ2v) is 7.36. The van der Waals surface area contributed by atoms with Crippen LogP contribution >= 0.6 is 23.8 Å². The minimum Gasteiger partial charge on any atom is -0.376 e. The molecule has 23 heavy (non-hydrogen) atoms. The van der Waals surface area contributed by atoms with Crippen molar-refractivity contribution >= 4 is 23.8 Å². The third-order valence-corrected chi connectivity index (χ3v) is 5.76. The van der Waals surface area contributed by atoms with Gasteiger partial charge in [-0.2, -0.15) is 5.10 Å². The summed E-state index contributed by atoms with van der Waals surface area (Å²) < 4.78 is 8.64. The molecule has 0 spiro atoms. The number of rotatable bonds is 4. The second-order valence-electron chi connectivity index (χ2n) is 6.54. The number of ether oxygens (including phenoxy) is 1. The van der Waals surface area contributed by atoms with Crippen LogP contribution in [0.2, 0.25) is 5.02 Å². The Balaban J connectivity index is 1.73. The first-order valence-electron chi connectivity index (χ1n) is 8.22. The first-order chi connectivity index (χ1) is 11.2. The molecule has 1 aromatic carbocycles. The molecule has 4 nitrogen and oxygen atoms in total. The van der Waals surface area contributed by atoms with Crippen LogP contribution in [0.1, 0.15) is 43.5 Å². The number of aromatic nitrogens is 3. The third-order valence-electron chi connectivity index (χ3n) is 5.20. The standard InChI is InChI=1S/C17H20ClN3OS/c18-13-6-4-12(5-7-13)17(8-2-9-17)15-19-20-16(23)21(15)11-14-3-1-10-22-14/h4-7,14H,1-3,8-11H2,(H,20,23). The Kier molecular flexibility index (Phi) is 4.03. The lowest BCUT2D eigenvalue weighted by molar-refractivity contribution is 0.0940. The van der Waals surface area contributed by atoms with Crippen LogP contribution in [-0.4, -0.2) is 27.5 Å². The van der Waals surface area contributed by atoms with Crippen LogP contribution < -0.4 is 0 Å². The number of halogens is 1. The fraction of sp³-hybridized carbons (Fsp3) is 0.529. The molecular formula is C17H20ClN3OS. The van der Waals surface area contributed by atoms with Crippen molar-refractivity contribution < 1.29 is 4.74 Å². The molecule has 2 aliphatic rings. The zero-order valence-electron chi connectivity index (χ0n) is 12.9. The van der Waals surface area contributed by atoms with Gasteiger partial charge in [0, 0.05) is 11.6 Å². The van der Waals surface area contributed by atoms with E-state index in [-0.39, 0.29) is 11.5 Å². The Morgan fingerprint density at radius 3 is 2.70 bits per heavy atom. The molecule has 6 heteroatoms. The van der Waals surface area contributed by atoms with E-state index in [0.717, 1.165) is 49.7 Å². The summed E-state index contributed by atoms with van der Waals surface area (Å²) in [5, 5.41) is 8.37. The fourth-order valence-electron chi connectivity index (χ4n) is 3.78. The summed E-state index contributed by atoms with van der Waals surface area (Å²) in [6.45, 7) is 1.65. The largest absolute Gasteiger partial charge is 0.376 e. The average molecular weight is 350 g/mol. The number of benzene rings is 1. The van der Waals surface area contributed by atoms with Crippen molar-refractivity contribution in [2.75, 3.05) is 6.61 Å². The topological polar surface area (TPSA) is 42.8 Å². The summed E-state index contributed by atoms with van der Waals surface area (Å²) in [5.41, 5.74) is 1.23. The molecule has 1 aromatic heterocycles. The van der Waals surface area contributed by atoms with Crippen LogP contribution in [0.5, 0.6) is 0 Å². The Morgan fingerprint density at radius 2 is 2.09 bits per heavy atom. The smallest absolute Gasteiger partial charge is 0.195 e. The van der Waals surface area contributed by atoms with Gasteiger partial charge in [0.15, 0.2) is 4.77 Å². The summed E-state index contributed by atoms with van der Waals surface area (Å²) in [7, 11) is 0. The van der Waals surface area contributed by atoms with E-state index in [1.807, 2.05) is 12.1 Å². The quantitative estimate of drug-likeness (QED) is 0.839.